The lowest BCUT2D eigenvalue weighted by molar-refractivity contribution is 0.617. The summed E-state index contributed by atoms with van der Waals surface area (Å²) in [4.78, 5) is 8.66. The molecule has 2 aromatic heterocycles. The molecule has 0 fully saturated rings. The predicted molar refractivity (Wildman–Crippen MR) is 74.3 cm³/mol. The van der Waals surface area contributed by atoms with E-state index in [1.54, 1.807) is 18.2 Å². The molecule has 0 saturated carbocycles. The van der Waals surface area contributed by atoms with Crippen LogP contribution in [0.1, 0.15) is 12.7 Å². The van der Waals surface area contributed by atoms with E-state index in [2.05, 4.69) is 25.9 Å². The van der Waals surface area contributed by atoms with Crippen molar-refractivity contribution in [3.8, 4) is 11.5 Å². The molecule has 3 aromatic rings. The van der Waals surface area contributed by atoms with Crippen molar-refractivity contribution < 1.29 is 8.81 Å². The molecule has 0 unspecified atom stereocenters. The van der Waals surface area contributed by atoms with E-state index in [9.17, 15) is 4.39 Å². The number of nitrogens with zero attached hydrogens (tertiary/aromatic N) is 2. The van der Waals surface area contributed by atoms with Gasteiger partial charge < -0.3 is 4.42 Å². The van der Waals surface area contributed by atoms with E-state index in [1.165, 1.54) is 12.1 Å². The molecule has 3 nitrogen and oxygen atoms in total. The Hall–Kier alpha value is -1.75. The highest BCUT2D eigenvalue weighted by molar-refractivity contribution is 9.10. The smallest absolute Gasteiger partial charge is 0.153 e. The summed E-state index contributed by atoms with van der Waals surface area (Å²) < 4.78 is 19.6. The van der Waals surface area contributed by atoms with Gasteiger partial charge in [0.25, 0.3) is 0 Å². The van der Waals surface area contributed by atoms with Gasteiger partial charge >= 0.3 is 0 Å². The standard InChI is InChI=1S/C14H10BrFN2O/c1-2-14-17-10(7-13(15)18-14)12-6-8-5-9(16)3-4-11(8)19-12/h3-7H,2H2,1H3. The molecule has 0 radical (unpaired) electrons. The molecule has 3 rings (SSSR count). The Morgan fingerprint density at radius 2 is 2.05 bits per heavy atom. The van der Waals surface area contributed by atoms with E-state index < -0.39 is 0 Å². The summed E-state index contributed by atoms with van der Waals surface area (Å²) in [5.41, 5.74) is 1.33. The summed E-state index contributed by atoms with van der Waals surface area (Å²) in [6.45, 7) is 1.99. The van der Waals surface area contributed by atoms with Crippen molar-refractivity contribution >= 4 is 26.9 Å². The van der Waals surface area contributed by atoms with E-state index in [-0.39, 0.29) is 5.82 Å². The summed E-state index contributed by atoms with van der Waals surface area (Å²) >= 11 is 3.35. The maximum absolute atomic E-state index is 13.2. The second-order valence-corrected chi connectivity index (χ2v) is 4.95. The lowest BCUT2D eigenvalue weighted by atomic mass is 10.2. The molecule has 0 spiro atoms. The Morgan fingerprint density at radius 3 is 2.84 bits per heavy atom. The van der Waals surface area contributed by atoms with Crippen LogP contribution in [0.4, 0.5) is 4.39 Å². The fourth-order valence-corrected chi connectivity index (χ4v) is 2.31. The quantitative estimate of drug-likeness (QED) is 0.659. The Morgan fingerprint density at radius 1 is 1.21 bits per heavy atom. The van der Waals surface area contributed by atoms with Gasteiger partial charge in [-0.1, -0.05) is 6.92 Å². The zero-order valence-electron chi connectivity index (χ0n) is 10.2. The first-order valence-electron chi connectivity index (χ1n) is 5.88. The molecular weight excluding hydrogens is 311 g/mol. The highest BCUT2D eigenvalue weighted by Crippen LogP contribution is 2.28. The minimum absolute atomic E-state index is 0.280. The van der Waals surface area contributed by atoms with Crippen LogP contribution >= 0.6 is 15.9 Å². The van der Waals surface area contributed by atoms with Crippen LogP contribution in [-0.2, 0) is 6.42 Å². The predicted octanol–water partition coefficient (Wildman–Crippen LogP) is 4.35. The number of aromatic nitrogens is 2. The second-order valence-electron chi connectivity index (χ2n) is 4.14. The van der Waals surface area contributed by atoms with E-state index in [0.29, 0.717) is 21.6 Å². The van der Waals surface area contributed by atoms with Gasteiger partial charge in [0.15, 0.2) is 5.76 Å². The number of fused-ring (bicyclic) bond motifs is 1. The topological polar surface area (TPSA) is 38.9 Å². The van der Waals surface area contributed by atoms with E-state index in [0.717, 1.165) is 17.6 Å². The van der Waals surface area contributed by atoms with Crippen molar-refractivity contribution in [1.82, 2.24) is 9.97 Å². The molecule has 0 aliphatic rings. The van der Waals surface area contributed by atoms with Gasteiger partial charge in [0.1, 0.15) is 27.5 Å². The van der Waals surface area contributed by atoms with Gasteiger partial charge in [-0.25, -0.2) is 14.4 Å². The minimum atomic E-state index is -0.280. The molecule has 0 bridgehead atoms. The summed E-state index contributed by atoms with van der Waals surface area (Å²) in [6, 6.07) is 8.01. The molecule has 19 heavy (non-hydrogen) atoms. The monoisotopic (exact) mass is 320 g/mol. The number of halogens is 2. The van der Waals surface area contributed by atoms with Crippen LogP contribution in [0.25, 0.3) is 22.4 Å². The Balaban J connectivity index is 2.15. The van der Waals surface area contributed by atoms with E-state index >= 15 is 0 Å². The average Bonchev–Trinajstić information content (AvgIpc) is 2.80. The zero-order chi connectivity index (χ0) is 13.4. The van der Waals surface area contributed by atoms with Crippen LogP contribution < -0.4 is 0 Å². The average molecular weight is 321 g/mol. The first kappa shape index (κ1) is 12.3. The van der Waals surface area contributed by atoms with E-state index in [1.807, 2.05) is 6.92 Å². The third-order valence-electron chi connectivity index (χ3n) is 2.79. The minimum Gasteiger partial charge on any atom is -0.454 e. The maximum atomic E-state index is 13.2. The van der Waals surface area contributed by atoms with Crippen LogP contribution in [0.3, 0.4) is 0 Å². The lowest BCUT2D eigenvalue weighted by Crippen LogP contribution is -1.94. The molecule has 0 amide bonds. The number of hydrogen-bond donors (Lipinski definition) is 0. The van der Waals surface area contributed by atoms with E-state index in [4.69, 9.17) is 4.42 Å². The van der Waals surface area contributed by atoms with Gasteiger partial charge in [0, 0.05) is 17.9 Å². The Bertz CT molecular complexity index is 754. The van der Waals surface area contributed by atoms with Gasteiger partial charge in [0.2, 0.25) is 0 Å². The third-order valence-corrected chi connectivity index (χ3v) is 3.19. The van der Waals surface area contributed by atoms with Crippen molar-refractivity contribution in [1.29, 1.82) is 0 Å². The maximum Gasteiger partial charge on any atom is 0.153 e. The number of furan rings is 1. The van der Waals surface area contributed by atoms with Crippen molar-refractivity contribution in [3.05, 3.63) is 46.6 Å². The summed E-state index contributed by atoms with van der Waals surface area (Å²) in [5, 5.41) is 0.725. The van der Waals surface area contributed by atoms with Gasteiger partial charge in [-0.2, -0.15) is 0 Å². The molecule has 5 heteroatoms. The number of aryl methyl sites for hydroxylation is 1. The Labute approximate surface area is 117 Å². The van der Waals surface area contributed by atoms with Crippen LogP contribution in [0.2, 0.25) is 0 Å². The molecule has 1 aromatic carbocycles. The fourth-order valence-electron chi connectivity index (χ4n) is 1.89. The molecular formula is C14H10BrFN2O. The summed E-state index contributed by atoms with van der Waals surface area (Å²) in [5.74, 6) is 1.06. The second kappa shape index (κ2) is 4.74. The van der Waals surface area contributed by atoms with Crippen LogP contribution in [0.5, 0.6) is 0 Å². The molecule has 0 aliphatic heterocycles. The third kappa shape index (κ3) is 2.38. The molecule has 0 aliphatic carbocycles. The fraction of sp³-hybridized carbons (Fsp3) is 0.143. The number of hydrogen-bond acceptors (Lipinski definition) is 3. The molecule has 0 saturated heterocycles. The number of rotatable bonds is 2. The van der Waals surface area contributed by atoms with Gasteiger partial charge in [-0.3, -0.25) is 0 Å². The molecule has 2 heterocycles. The van der Waals surface area contributed by atoms with Gasteiger partial charge in [-0.05, 0) is 40.2 Å². The van der Waals surface area contributed by atoms with Crippen LogP contribution in [0, 0.1) is 5.82 Å². The van der Waals surface area contributed by atoms with Gasteiger partial charge in [-0.15, -0.1) is 0 Å². The lowest BCUT2D eigenvalue weighted by Gasteiger charge is -2.00. The zero-order valence-corrected chi connectivity index (χ0v) is 11.7. The van der Waals surface area contributed by atoms with Crippen molar-refractivity contribution in [3.63, 3.8) is 0 Å². The molecule has 96 valence electrons. The highest BCUT2D eigenvalue weighted by Gasteiger charge is 2.10. The summed E-state index contributed by atoms with van der Waals surface area (Å²) in [6.07, 6.45) is 0.737. The first-order chi connectivity index (χ1) is 9.15. The van der Waals surface area contributed by atoms with Crippen LogP contribution in [-0.4, -0.2) is 9.97 Å². The normalized spacial score (nSPS) is 11.1. The first-order valence-corrected chi connectivity index (χ1v) is 6.68. The van der Waals surface area contributed by atoms with Crippen LogP contribution in [0.15, 0.2) is 39.4 Å². The molecule has 0 atom stereocenters. The largest absolute Gasteiger partial charge is 0.454 e. The van der Waals surface area contributed by atoms with Crippen molar-refractivity contribution in [2.24, 2.45) is 0 Å². The molecule has 0 N–H and O–H groups in total. The van der Waals surface area contributed by atoms with Crippen molar-refractivity contribution in [2.45, 2.75) is 13.3 Å². The van der Waals surface area contributed by atoms with Gasteiger partial charge in [0.05, 0.1) is 0 Å². The number of benzene rings is 1. The SMILES string of the molecule is CCc1nc(Br)cc(-c2cc3cc(F)ccc3o2)n1. The highest BCUT2D eigenvalue weighted by atomic mass is 79.9. The Kier molecular flexibility index (Phi) is 3.06. The van der Waals surface area contributed by atoms with Crippen molar-refractivity contribution in [2.75, 3.05) is 0 Å². The summed E-state index contributed by atoms with van der Waals surface area (Å²) in [7, 11) is 0.